The lowest BCUT2D eigenvalue weighted by Crippen LogP contribution is -2.80. The van der Waals surface area contributed by atoms with Crippen molar-refractivity contribution < 1.29 is 38.8 Å². The average Bonchev–Trinajstić information content (AvgIpc) is 3.24. The van der Waals surface area contributed by atoms with E-state index < -0.39 is 28.1 Å². The van der Waals surface area contributed by atoms with Crippen LogP contribution in [-0.2, 0) is 18.9 Å². The molecule has 0 aromatic heterocycles. The van der Waals surface area contributed by atoms with Gasteiger partial charge in [-0.05, 0) is 32.1 Å². The highest BCUT2D eigenvalue weighted by atomic mass is 16.5. The van der Waals surface area contributed by atoms with Gasteiger partial charge in [-0.2, -0.15) is 0 Å². The third-order valence-electron chi connectivity index (χ3n) is 11.4. The SMILES string of the molecule is CC[N+]1=C[C@]2(CO)CC[C@H](OC)[C@]34[C@@H]5C[C@H]6[C@H](OC)[C@@H]5[C@](O)(C[C@@H]6OC)[C@@](O)([C@H]13)[C@@H](OC)[C@H]24. The van der Waals surface area contributed by atoms with Crippen LogP contribution in [0.15, 0.2) is 0 Å². The number of ether oxygens (including phenoxy) is 4. The van der Waals surface area contributed by atoms with Crippen LogP contribution in [0, 0.1) is 34.5 Å². The minimum atomic E-state index is -1.55. The number of likely N-dealkylation sites (N-methyl/N-ethyl adjacent to an activating group) is 1. The Labute approximate surface area is 195 Å². The first kappa shape index (κ1) is 22.8. The lowest BCUT2D eigenvalue weighted by Gasteiger charge is -2.64. The fourth-order valence-electron chi connectivity index (χ4n) is 10.7. The quantitative estimate of drug-likeness (QED) is 0.476. The van der Waals surface area contributed by atoms with Gasteiger partial charge in [0.25, 0.3) is 0 Å². The topological polar surface area (TPSA) is 101 Å². The van der Waals surface area contributed by atoms with Gasteiger partial charge in [0.1, 0.15) is 24.5 Å². The number of methoxy groups -OCH3 is 4. The second kappa shape index (κ2) is 6.99. The third kappa shape index (κ3) is 2.11. The van der Waals surface area contributed by atoms with Crippen molar-refractivity contribution in [2.24, 2.45) is 34.5 Å². The zero-order valence-electron chi connectivity index (χ0n) is 20.4. The summed E-state index contributed by atoms with van der Waals surface area (Å²) in [7, 11) is 6.82. The Kier molecular flexibility index (Phi) is 4.84. The molecule has 0 radical (unpaired) electrons. The highest BCUT2D eigenvalue weighted by Gasteiger charge is 2.94. The van der Waals surface area contributed by atoms with Crippen LogP contribution < -0.4 is 0 Å². The summed E-state index contributed by atoms with van der Waals surface area (Å²) in [5.74, 6) is -0.191. The lowest BCUT2D eigenvalue weighted by molar-refractivity contribution is -0.622. The summed E-state index contributed by atoms with van der Waals surface area (Å²) in [5.41, 5.74) is -3.99. The van der Waals surface area contributed by atoms with Crippen LogP contribution in [0.3, 0.4) is 0 Å². The van der Waals surface area contributed by atoms with Crippen LogP contribution in [0.1, 0.15) is 32.6 Å². The fraction of sp³-hybridized carbons (Fsp3) is 0.960. The maximum Gasteiger partial charge on any atom is 0.195 e. The van der Waals surface area contributed by atoms with Gasteiger partial charge in [-0.3, -0.25) is 0 Å². The molecule has 6 aliphatic rings. The molecule has 8 nitrogen and oxygen atoms in total. The molecule has 0 saturated heterocycles. The molecule has 5 saturated carbocycles. The molecule has 0 unspecified atom stereocenters. The van der Waals surface area contributed by atoms with Gasteiger partial charge in [0.2, 0.25) is 0 Å². The van der Waals surface area contributed by atoms with Gasteiger partial charge < -0.3 is 34.3 Å². The first-order chi connectivity index (χ1) is 15.8. The van der Waals surface area contributed by atoms with Crippen molar-refractivity contribution in [3.05, 3.63) is 0 Å². The van der Waals surface area contributed by atoms with E-state index in [-0.39, 0.29) is 54.6 Å². The molecule has 3 N–H and O–H groups in total. The van der Waals surface area contributed by atoms with Crippen LogP contribution in [0.4, 0.5) is 0 Å². The second-order valence-electron chi connectivity index (χ2n) is 11.6. The van der Waals surface area contributed by atoms with Gasteiger partial charge in [-0.25, -0.2) is 4.58 Å². The van der Waals surface area contributed by atoms with E-state index in [1.54, 1.807) is 28.4 Å². The molecule has 5 aliphatic carbocycles. The van der Waals surface area contributed by atoms with Gasteiger partial charge in [0.05, 0.1) is 35.7 Å². The lowest BCUT2D eigenvalue weighted by atomic mass is 9.43. The van der Waals surface area contributed by atoms with Crippen molar-refractivity contribution in [1.29, 1.82) is 0 Å². The maximum atomic E-state index is 13.0. The number of fused-ring (bicyclic) bond motifs is 2. The van der Waals surface area contributed by atoms with E-state index in [4.69, 9.17) is 18.9 Å². The highest BCUT2D eigenvalue weighted by molar-refractivity contribution is 5.66. The number of hydrogen-bond acceptors (Lipinski definition) is 7. The highest BCUT2D eigenvalue weighted by Crippen LogP contribution is 2.79. The monoisotopic (exact) mass is 466 g/mol. The van der Waals surface area contributed by atoms with Crippen molar-refractivity contribution >= 4 is 6.21 Å². The van der Waals surface area contributed by atoms with Crippen LogP contribution in [0.2, 0.25) is 0 Å². The smallest absolute Gasteiger partial charge is 0.195 e. The molecule has 33 heavy (non-hydrogen) atoms. The molecule has 0 aromatic rings. The van der Waals surface area contributed by atoms with Gasteiger partial charge >= 0.3 is 0 Å². The molecule has 1 aliphatic heterocycles. The summed E-state index contributed by atoms with van der Waals surface area (Å²) in [4.78, 5) is 0. The summed E-state index contributed by atoms with van der Waals surface area (Å²) >= 11 is 0. The first-order valence-corrected chi connectivity index (χ1v) is 12.6. The largest absolute Gasteiger partial charge is 0.395 e. The van der Waals surface area contributed by atoms with Gasteiger partial charge in [0, 0.05) is 52.6 Å². The normalized spacial score (nSPS) is 60.1. The fourth-order valence-corrected chi connectivity index (χ4v) is 10.7. The average molecular weight is 467 g/mol. The minimum absolute atomic E-state index is 0.0113. The Bertz CT molecular complexity index is 868. The van der Waals surface area contributed by atoms with E-state index in [2.05, 4.69) is 17.7 Å². The van der Waals surface area contributed by atoms with E-state index in [0.29, 0.717) is 13.0 Å². The van der Waals surface area contributed by atoms with Crippen LogP contribution >= 0.6 is 0 Å². The Hall–Kier alpha value is -0.610. The Morgan fingerprint density at radius 1 is 1.06 bits per heavy atom. The van der Waals surface area contributed by atoms with Crippen LogP contribution in [0.5, 0.6) is 0 Å². The molecule has 0 amide bonds. The molecule has 8 heteroatoms. The first-order valence-electron chi connectivity index (χ1n) is 12.6. The zero-order valence-corrected chi connectivity index (χ0v) is 20.4. The molecular weight excluding hydrogens is 426 g/mol. The number of aliphatic hydroxyl groups excluding tert-OH is 1. The van der Waals surface area contributed by atoms with E-state index in [1.165, 1.54) is 0 Å². The van der Waals surface area contributed by atoms with E-state index >= 15 is 0 Å². The maximum absolute atomic E-state index is 13.0. The van der Waals surface area contributed by atoms with Crippen molar-refractivity contribution in [3.63, 3.8) is 0 Å². The summed E-state index contributed by atoms with van der Waals surface area (Å²) < 4.78 is 26.7. The van der Waals surface area contributed by atoms with Gasteiger partial charge in [-0.1, -0.05) is 0 Å². The summed E-state index contributed by atoms with van der Waals surface area (Å²) in [6.07, 6.45) is 3.79. The van der Waals surface area contributed by atoms with Crippen molar-refractivity contribution in [2.75, 3.05) is 41.6 Å². The Balaban J connectivity index is 1.70. The van der Waals surface area contributed by atoms with Crippen LogP contribution in [-0.4, -0.2) is 109 Å². The van der Waals surface area contributed by atoms with Crippen LogP contribution in [0.25, 0.3) is 0 Å². The van der Waals surface area contributed by atoms with E-state index in [9.17, 15) is 15.3 Å². The van der Waals surface area contributed by atoms with Gasteiger partial charge in [-0.15, -0.1) is 0 Å². The molecule has 5 fully saturated rings. The second-order valence-corrected chi connectivity index (χ2v) is 11.6. The molecule has 186 valence electrons. The van der Waals surface area contributed by atoms with Crippen molar-refractivity contribution in [1.82, 2.24) is 0 Å². The number of nitrogens with zero attached hydrogens (tertiary/aromatic N) is 1. The Morgan fingerprint density at radius 2 is 1.82 bits per heavy atom. The molecule has 1 spiro atoms. The number of rotatable bonds is 6. The van der Waals surface area contributed by atoms with E-state index in [1.807, 2.05) is 0 Å². The molecule has 0 aromatic carbocycles. The Morgan fingerprint density at radius 3 is 2.39 bits per heavy atom. The summed E-state index contributed by atoms with van der Waals surface area (Å²) in [6, 6.07) is -0.368. The zero-order chi connectivity index (χ0) is 23.6. The molecule has 6 rings (SSSR count). The van der Waals surface area contributed by atoms with E-state index in [0.717, 1.165) is 19.3 Å². The standard InChI is InChI=1S/C25H40NO7/c1-6-26-11-22(12-27)8-7-16(31-3)24-14-9-13-15(30-2)10-23(28,17(14)18(13)32-4)25(29,21(24)26)20(33-5)19(22)24/h11,13-21,27-29H,6-10,12H2,1-5H3/q+1/t13-,14-,15+,16+,17-,18+,19-,20+,21-,22+,23-,24+,25+/m1/s1. The molecular formula is C25H40NO7+. The number of aliphatic hydroxyl groups is 3. The minimum Gasteiger partial charge on any atom is -0.395 e. The predicted molar refractivity (Wildman–Crippen MR) is 118 cm³/mol. The van der Waals surface area contributed by atoms with Crippen molar-refractivity contribution in [2.45, 2.75) is 74.3 Å². The summed E-state index contributed by atoms with van der Waals surface area (Å²) in [6.45, 7) is 2.75. The predicted octanol–water partition coefficient (Wildman–Crippen LogP) is 0.0523. The summed E-state index contributed by atoms with van der Waals surface area (Å²) in [5, 5.41) is 36.5. The molecule has 13 atom stereocenters. The molecule has 1 heterocycles. The third-order valence-corrected chi connectivity index (χ3v) is 11.4. The number of hydrogen-bond donors (Lipinski definition) is 3. The molecule has 7 bridgehead atoms. The van der Waals surface area contributed by atoms with Crippen molar-refractivity contribution in [3.8, 4) is 0 Å². The van der Waals surface area contributed by atoms with Gasteiger partial charge in [0.15, 0.2) is 11.6 Å².